The molecule has 0 fully saturated rings. The van der Waals surface area contributed by atoms with Crippen molar-refractivity contribution < 1.29 is 19.2 Å². The fraction of sp³-hybridized carbons (Fsp3) is 0.500. The standard InChI is InChI=1S/C14H21N3O5/c1-15-6-7-16(2)9-11-4-5-13(12(8-11)17(19)20)22-10-14(18)21-3/h4-5,8,15H,6-7,9-10H2,1-3H3. The number of carbonyl (C=O) groups excluding carboxylic acids is 1. The summed E-state index contributed by atoms with van der Waals surface area (Å²) in [6.07, 6.45) is 0. The van der Waals surface area contributed by atoms with Gasteiger partial charge < -0.3 is 19.7 Å². The number of carbonyl (C=O) groups is 1. The molecule has 22 heavy (non-hydrogen) atoms. The van der Waals surface area contributed by atoms with Crippen molar-refractivity contribution in [2.45, 2.75) is 6.54 Å². The number of benzene rings is 1. The van der Waals surface area contributed by atoms with E-state index < -0.39 is 10.9 Å². The molecule has 0 aliphatic rings. The number of rotatable bonds is 9. The van der Waals surface area contributed by atoms with Crippen molar-refractivity contribution >= 4 is 11.7 Å². The number of ether oxygens (including phenoxy) is 2. The van der Waals surface area contributed by atoms with Gasteiger partial charge >= 0.3 is 11.7 Å². The van der Waals surface area contributed by atoms with Crippen LogP contribution >= 0.6 is 0 Å². The van der Waals surface area contributed by atoms with Crippen molar-refractivity contribution in [3.8, 4) is 5.75 Å². The Morgan fingerprint density at radius 2 is 2.18 bits per heavy atom. The number of esters is 1. The molecule has 0 amide bonds. The highest BCUT2D eigenvalue weighted by molar-refractivity contribution is 5.71. The Kier molecular flexibility index (Phi) is 7.27. The molecular formula is C14H21N3O5. The Bertz CT molecular complexity index is 521. The first-order valence-electron chi connectivity index (χ1n) is 6.78. The number of hydrogen-bond donors (Lipinski definition) is 1. The van der Waals surface area contributed by atoms with Crippen molar-refractivity contribution in [2.24, 2.45) is 0 Å². The molecule has 0 saturated heterocycles. The van der Waals surface area contributed by atoms with E-state index in [-0.39, 0.29) is 18.0 Å². The SMILES string of the molecule is CNCCN(C)Cc1ccc(OCC(=O)OC)c([N+](=O)[O-])c1. The minimum Gasteiger partial charge on any atom is -0.475 e. The third-order valence-electron chi connectivity index (χ3n) is 2.99. The zero-order chi connectivity index (χ0) is 16.5. The number of nitrogens with zero attached hydrogens (tertiary/aromatic N) is 2. The van der Waals surface area contributed by atoms with Crippen LogP contribution in [-0.4, -0.2) is 56.7 Å². The van der Waals surface area contributed by atoms with Crippen LogP contribution in [0.4, 0.5) is 5.69 Å². The van der Waals surface area contributed by atoms with Gasteiger partial charge in [0.15, 0.2) is 12.4 Å². The van der Waals surface area contributed by atoms with Crippen LogP contribution in [-0.2, 0) is 16.1 Å². The number of methoxy groups -OCH3 is 1. The van der Waals surface area contributed by atoms with Crippen molar-refractivity contribution in [3.63, 3.8) is 0 Å². The molecule has 8 nitrogen and oxygen atoms in total. The molecular weight excluding hydrogens is 290 g/mol. The van der Waals surface area contributed by atoms with Gasteiger partial charge in [-0.3, -0.25) is 10.1 Å². The number of nitro groups is 1. The monoisotopic (exact) mass is 311 g/mol. The first kappa shape index (κ1) is 17.9. The molecule has 0 atom stereocenters. The van der Waals surface area contributed by atoms with Gasteiger partial charge in [-0.1, -0.05) is 6.07 Å². The Morgan fingerprint density at radius 3 is 2.77 bits per heavy atom. The van der Waals surface area contributed by atoms with Crippen LogP contribution in [0, 0.1) is 10.1 Å². The lowest BCUT2D eigenvalue weighted by atomic mass is 10.1. The number of nitro benzene ring substituents is 1. The van der Waals surface area contributed by atoms with E-state index in [1.807, 2.05) is 19.0 Å². The summed E-state index contributed by atoms with van der Waals surface area (Å²) in [7, 11) is 5.03. The van der Waals surface area contributed by atoms with Crippen molar-refractivity contribution in [1.82, 2.24) is 10.2 Å². The van der Waals surface area contributed by atoms with Crippen molar-refractivity contribution in [3.05, 3.63) is 33.9 Å². The Hall–Kier alpha value is -2.19. The molecule has 1 aromatic rings. The van der Waals surface area contributed by atoms with Crippen LogP contribution in [0.2, 0.25) is 0 Å². The van der Waals surface area contributed by atoms with Crippen LogP contribution in [0.1, 0.15) is 5.56 Å². The lowest BCUT2D eigenvalue weighted by molar-refractivity contribution is -0.385. The quantitative estimate of drug-likeness (QED) is 0.409. The molecule has 0 heterocycles. The van der Waals surface area contributed by atoms with E-state index in [1.54, 1.807) is 6.07 Å². The average molecular weight is 311 g/mol. The average Bonchev–Trinajstić information content (AvgIpc) is 2.50. The van der Waals surface area contributed by atoms with Gasteiger partial charge in [-0.2, -0.15) is 0 Å². The Labute approximate surface area is 129 Å². The Morgan fingerprint density at radius 1 is 1.45 bits per heavy atom. The molecule has 0 aliphatic heterocycles. The van der Waals surface area contributed by atoms with Gasteiger partial charge in [0, 0.05) is 25.7 Å². The van der Waals surface area contributed by atoms with E-state index in [9.17, 15) is 14.9 Å². The topological polar surface area (TPSA) is 93.9 Å². The highest BCUT2D eigenvalue weighted by Crippen LogP contribution is 2.28. The van der Waals surface area contributed by atoms with E-state index in [1.165, 1.54) is 19.2 Å². The normalized spacial score (nSPS) is 10.5. The van der Waals surface area contributed by atoms with Gasteiger partial charge in [-0.15, -0.1) is 0 Å². The van der Waals surface area contributed by atoms with E-state index >= 15 is 0 Å². The summed E-state index contributed by atoms with van der Waals surface area (Å²) >= 11 is 0. The van der Waals surface area contributed by atoms with Crippen molar-refractivity contribution in [1.29, 1.82) is 0 Å². The van der Waals surface area contributed by atoms with Gasteiger partial charge in [-0.05, 0) is 25.7 Å². The maximum absolute atomic E-state index is 11.1. The van der Waals surface area contributed by atoms with Crippen LogP contribution < -0.4 is 10.1 Å². The summed E-state index contributed by atoms with van der Waals surface area (Å²) in [6.45, 7) is 1.88. The van der Waals surface area contributed by atoms with Crippen LogP contribution in [0.15, 0.2) is 18.2 Å². The predicted molar refractivity (Wildman–Crippen MR) is 80.9 cm³/mol. The molecule has 0 aliphatic carbocycles. The van der Waals surface area contributed by atoms with E-state index in [4.69, 9.17) is 4.74 Å². The highest BCUT2D eigenvalue weighted by atomic mass is 16.6. The molecule has 0 spiro atoms. The largest absolute Gasteiger partial charge is 0.475 e. The van der Waals surface area contributed by atoms with Gasteiger partial charge in [0.2, 0.25) is 0 Å². The lowest BCUT2D eigenvalue weighted by Crippen LogP contribution is -2.26. The smallest absolute Gasteiger partial charge is 0.343 e. The van der Waals surface area contributed by atoms with Crippen LogP contribution in [0.5, 0.6) is 5.75 Å². The minimum atomic E-state index is -0.592. The van der Waals surface area contributed by atoms with Crippen LogP contribution in [0.25, 0.3) is 0 Å². The number of nitrogens with one attached hydrogen (secondary N) is 1. The molecule has 0 bridgehead atoms. The van der Waals surface area contributed by atoms with Gasteiger partial charge in [0.1, 0.15) is 0 Å². The second-order valence-electron chi connectivity index (χ2n) is 4.77. The summed E-state index contributed by atoms with van der Waals surface area (Å²) in [5.41, 5.74) is 0.638. The third-order valence-corrected chi connectivity index (χ3v) is 2.99. The van der Waals surface area contributed by atoms with Gasteiger partial charge in [0.25, 0.3) is 0 Å². The third kappa shape index (κ3) is 5.66. The molecule has 0 unspecified atom stereocenters. The van der Waals surface area contributed by atoms with Crippen LogP contribution in [0.3, 0.4) is 0 Å². The summed E-state index contributed by atoms with van der Waals surface area (Å²) in [6, 6.07) is 4.71. The van der Waals surface area contributed by atoms with Gasteiger partial charge in [0.05, 0.1) is 12.0 Å². The molecule has 1 aromatic carbocycles. The lowest BCUT2D eigenvalue weighted by Gasteiger charge is -2.16. The Balaban J connectivity index is 2.80. The van der Waals surface area contributed by atoms with E-state index in [0.29, 0.717) is 6.54 Å². The molecule has 0 radical (unpaired) electrons. The summed E-state index contributed by atoms with van der Waals surface area (Å²) < 4.78 is 9.58. The summed E-state index contributed by atoms with van der Waals surface area (Å²) in [4.78, 5) is 23.7. The maximum atomic E-state index is 11.1. The molecule has 0 saturated carbocycles. The number of hydrogen-bond acceptors (Lipinski definition) is 7. The predicted octanol–water partition coefficient (Wildman–Crippen LogP) is 0.798. The fourth-order valence-corrected chi connectivity index (χ4v) is 1.82. The zero-order valence-corrected chi connectivity index (χ0v) is 13.0. The second kappa shape index (κ2) is 8.96. The van der Waals surface area contributed by atoms with E-state index in [2.05, 4.69) is 10.1 Å². The zero-order valence-electron chi connectivity index (χ0n) is 13.0. The van der Waals surface area contributed by atoms with Gasteiger partial charge in [-0.25, -0.2) is 4.79 Å². The maximum Gasteiger partial charge on any atom is 0.343 e. The minimum absolute atomic E-state index is 0.0528. The van der Waals surface area contributed by atoms with Crippen molar-refractivity contribution in [2.75, 3.05) is 40.9 Å². The first-order chi connectivity index (χ1) is 10.5. The molecule has 122 valence electrons. The fourth-order valence-electron chi connectivity index (χ4n) is 1.82. The summed E-state index contributed by atoms with van der Waals surface area (Å²) in [5, 5.41) is 14.2. The molecule has 1 N–H and O–H groups in total. The molecule has 1 rings (SSSR count). The second-order valence-corrected chi connectivity index (χ2v) is 4.77. The molecule has 0 aromatic heterocycles. The number of likely N-dealkylation sites (N-methyl/N-ethyl adjacent to an activating group) is 2. The first-order valence-corrected chi connectivity index (χ1v) is 6.78. The van der Waals surface area contributed by atoms with E-state index in [0.717, 1.165) is 18.7 Å². The highest BCUT2D eigenvalue weighted by Gasteiger charge is 2.17. The molecule has 8 heteroatoms. The summed E-state index contributed by atoms with van der Waals surface area (Å²) in [5.74, 6) is -0.540.